The van der Waals surface area contributed by atoms with E-state index in [0.717, 1.165) is 11.1 Å². The fourth-order valence-electron chi connectivity index (χ4n) is 1.73. The van der Waals surface area contributed by atoms with E-state index < -0.39 is 0 Å². The Morgan fingerprint density at radius 3 is 2.47 bits per heavy atom. The van der Waals surface area contributed by atoms with Gasteiger partial charge in [-0.05, 0) is 36.3 Å². The molecular weight excluding hydrogens is 280 g/mol. The first-order valence-electron chi connectivity index (χ1n) is 4.99. The summed E-state index contributed by atoms with van der Waals surface area (Å²) in [7, 11) is 1.82. The summed E-state index contributed by atoms with van der Waals surface area (Å²) in [4.78, 5) is 0. The lowest BCUT2D eigenvalue weighted by Gasteiger charge is -2.17. The van der Waals surface area contributed by atoms with Gasteiger partial charge in [-0.1, -0.05) is 35.3 Å². The minimum Gasteiger partial charge on any atom is -0.453 e. The molecule has 0 saturated carbocycles. The molecule has 0 spiro atoms. The van der Waals surface area contributed by atoms with Gasteiger partial charge in [-0.25, -0.2) is 0 Å². The summed E-state index contributed by atoms with van der Waals surface area (Å²) in [6.07, 6.45) is 1.54. The van der Waals surface area contributed by atoms with E-state index in [0.29, 0.717) is 15.3 Å². The van der Waals surface area contributed by atoms with Crippen LogP contribution in [0.25, 0.3) is 0 Å². The molecule has 1 N–H and O–H groups in total. The molecule has 17 heavy (non-hydrogen) atoms. The van der Waals surface area contributed by atoms with Crippen LogP contribution in [0.4, 0.5) is 0 Å². The standard InChI is InChI=1S/C12H10Cl3NO/c1-16-11(8-5-6-17-12(8)15)7-3-2-4-9(13)10(7)14/h2-6,11,16H,1H3. The van der Waals surface area contributed by atoms with Crippen molar-refractivity contribution in [1.29, 1.82) is 0 Å². The number of hydrogen-bond acceptors (Lipinski definition) is 2. The highest BCUT2D eigenvalue weighted by molar-refractivity contribution is 6.42. The highest BCUT2D eigenvalue weighted by Crippen LogP contribution is 2.35. The van der Waals surface area contributed by atoms with Crippen LogP contribution in [0.3, 0.4) is 0 Å². The fraction of sp³-hybridized carbons (Fsp3) is 0.167. The fourth-order valence-corrected chi connectivity index (χ4v) is 2.37. The SMILES string of the molecule is CNC(c1ccoc1Cl)c1cccc(Cl)c1Cl. The molecule has 0 bridgehead atoms. The van der Waals surface area contributed by atoms with Gasteiger partial charge < -0.3 is 9.73 Å². The van der Waals surface area contributed by atoms with Gasteiger partial charge >= 0.3 is 0 Å². The molecule has 1 aromatic heterocycles. The van der Waals surface area contributed by atoms with Crippen molar-refractivity contribution < 1.29 is 4.42 Å². The van der Waals surface area contributed by atoms with Crippen molar-refractivity contribution in [2.75, 3.05) is 7.05 Å². The Kier molecular flexibility index (Phi) is 4.00. The second-order valence-corrected chi connectivity index (χ2v) is 4.64. The highest BCUT2D eigenvalue weighted by Gasteiger charge is 2.20. The molecule has 1 unspecified atom stereocenters. The Morgan fingerprint density at radius 1 is 1.12 bits per heavy atom. The molecule has 90 valence electrons. The molecule has 5 heteroatoms. The van der Waals surface area contributed by atoms with Gasteiger partial charge in [0.25, 0.3) is 0 Å². The van der Waals surface area contributed by atoms with Crippen LogP contribution in [0, 0.1) is 0 Å². The zero-order chi connectivity index (χ0) is 12.4. The van der Waals surface area contributed by atoms with Gasteiger partial charge in [0, 0.05) is 5.56 Å². The van der Waals surface area contributed by atoms with Crippen molar-refractivity contribution in [2.24, 2.45) is 0 Å². The van der Waals surface area contributed by atoms with Crippen molar-refractivity contribution in [1.82, 2.24) is 5.32 Å². The molecule has 0 aliphatic heterocycles. The van der Waals surface area contributed by atoms with Crippen molar-refractivity contribution in [3.8, 4) is 0 Å². The number of halogens is 3. The van der Waals surface area contributed by atoms with Gasteiger partial charge in [0.15, 0.2) is 5.22 Å². The predicted octanol–water partition coefficient (Wildman–Crippen LogP) is 4.55. The highest BCUT2D eigenvalue weighted by atomic mass is 35.5. The van der Waals surface area contributed by atoms with Crippen LogP contribution in [0.1, 0.15) is 17.2 Å². The largest absolute Gasteiger partial charge is 0.453 e. The molecule has 1 heterocycles. The zero-order valence-electron chi connectivity index (χ0n) is 9.01. The number of furan rings is 1. The summed E-state index contributed by atoms with van der Waals surface area (Å²) in [5.41, 5.74) is 1.70. The van der Waals surface area contributed by atoms with Crippen molar-refractivity contribution in [3.05, 3.63) is 56.9 Å². The van der Waals surface area contributed by atoms with E-state index in [1.165, 1.54) is 0 Å². The Bertz CT molecular complexity index is 524. The van der Waals surface area contributed by atoms with E-state index in [1.807, 2.05) is 19.2 Å². The lowest BCUT2D eigenvalue weighted by atomic mass is 10.0. The van der Waals surface area contributed by atoms with Crippen LogP contribution in [-0.4, -0.2) is 7.05 Å². The summed E-state index contributed by atoms with van der Waals surface area (Å²) < 4.78 is 5.09. The van der Waals surface area contributed by atoms with E-state index in [1.54, 1.807) is 18.4 Å². The normalized spacial score (nSPS) is 12.7. The second kappa shape index (κ2) is 5.32. The Hall–Kier alpha value is -0.670. The van der Waals surface area contributed by atoms with Crippen LogP contribution >= 0.6 is 34.8 Å². The first kappa shape index (κ1) is 12.8. The molecule has 0 amide bonds. The second-order valence-electron chi connectivity index (χ2n) is 3.51. The zero-order valence-corrected chi connectivity index (χ0v) is 11.3. The van der Waals surface area contributed by atoms with Gasteiger partial charge in [0.05, 0.1) is 22.4 Å². The third-order valence-corrected chi connectivity index (χ3v) is 3.68. The van der Waals surface area contributed by atoms with E-state index in [9.17, 15) is 0 Å². The third-order valence-electron chi connectivity index (χ3n) is 2.54. The summed E-state index contributed by atoms with van der Waals surface area (Å²) in [6.45, 7) is 0. The monoisotopic (exact) mass is 289 g/mol. The lowest BCUT2D eigenvalue weighted by molar-refractivity contribution is 0.559. The Balaban J connectivity index is 2.50. The molecule has 0 aliphatic carbocycles. The van der Waals surface area contributed by atoms with Crippen LogP contribution in [-0.2, 0) is 0 Å². The molecule has 0 saturated heterocycles. The van der Waals surface area contributed by atoms with Crippen molar-refractivity contribution >= 4 is 34.8 Å². The molecule has 0 fully saturated rings. The number of rotatable bonds is 3. The first-order valence-corrected chi connectivity index (χ1v) is 6.12. The third kappa shape index (κ3) is 2.45. The van der Waals surface area contributed by atoms with E-state index in [4.69, 9.17) is 39.2 Å². The minimum absolute atomic E-state index is 0.146. The summed E-state index contributed by atoms with van der Waals surface area (Å²) in [5.74, 6) is 0. The van der Waals surface area contributed by atoms with Gasteiger partial charge in [0.1, 0.15) is 0 Å². The topological polar surface area (TPSA) is 25.2 Å². The van der Waals surface area contributed by atoms with E-state index in [-0.39, 0.29) is 6.04 Å². The molecule has 2 nitrogen and oxygen atoms in total. The average molecular weight is 291 g/mol. The maximum absolute atomic E-state index is 6.19. The number of benzene rings is 1. The van der Waals surface area contributed by atoms with Crippen LogP contribution < -0.4 is 5.32 Å². The van der Waals surface area contributed by atoms with Crippen LogP contribution in [0.15, 0.2) is 34.9 Å². The molecular formula is C12H10Cl3NO. The number of hydrogen-bond donors (Lipinski definition) is 1. The van der Waals surface area contributed by atoms with E-state index in [2.05, 4.69) is 5.32 Å². The maximum atomic E-state index is 6.19. The first-order chi connectivity index (χ1) is 8.15. The van der Waals surface area contributed by atoms with Crippen LogP contribution in [0.2, 0.25) is 15.3 Å². The molecule has 0 radical (unpaired) electrons. The van der Waals surface area contributed by atoms with Gasteiger partial charge in [-0.3, -0.25) is 0 Å². The number of nitrogens with one attached hydrogen (secondary N) is 1. The van der Waals surface area contributed by atoms with Gasteiger partial charge in [0.2, 0.25) is 0 Å². The summed E-state index contributed by atoms with van der Waals surface area (Å²) in [6, 6.07) is 7.16. The van der Waals surface area contributed by atoms with Gasteiger partial charge in [-0.2, -0.15) is 0 Å². The van der Waals surface area contributed by atoms with E-state index >= 15 is 0 Å². The molecule has 1 aromatic carbocycles. The average Bonchev–Trinajstić information content (AvgIpc) is 2.72. The summed E-state index contributed by atoms with van der Waals surface area (Å²) >= 11 is 18.2. The lowest BCUT2D eigenvalue weighted by Crippen LogP contribution is -2.17. The quantitative estimate of drug-likeness (QED) is 0.897. The molecule has 0 aliphatic rings. The summed E-state index contributed by atoms with van der Waals surface area (Å²) in [5, 5.41) is 4.53. The molecule has 1 atom stereocenters. The molecule has 2 aromatic rings. The predicted molar refractivity (Wildman–Crippen MR) is 71.1 cm³/mol. The van der Waals surface area contributed by atoms with Crippen molar-refractivity contribution in [3.63, 3.8) is 0 Å². The van der Waals surface area contributed by atoms with Crippen molar-refractivity contribution in [2.45, 2.75) is 6.04 Å². The minimum atomic E-state index is -0.146. The smallest absolute Gasteiger partial charge is 0.198 e. The Morgan fingerprint density at radius 2 is 1.88 bits per heavy atom. The molecule has 2 rings (SSSR count). The van der Waals surface area contributed by atoms with Gasteiger partial charge in [-0.15, -0.1) is 0 Å². The maximum Gasteiger partial charge on any atom is 0.198 e. The van der Waals surface area contributed by atoms with Crippen LogP contribution in [0.5, 0.6) is 0 Å². The Labute approximate surface area is 114 Å².